The van der Waals surface area contributed by atoms with E-state index in [4.69, 9.17) is 4.74 Å². The van der Waals surface area contributed by atoms with Crippen molar-refractivity contribution < 1.29 is 14.3 Å². The number of carbonyl (C=O) groups is 2. The Balaban J connectivity index is 1.90. The number of nitrogens with zero attached hydrogens (tertiary/aromatic N) is 4. The highest BCUT2D eigenvalue weighted by atomic mass is 16.6. The predicted octanol–water partition coefficient (Wildman–Crippen LogP) is -0.318. The van der Waals surface area contributed by atoms with Crippen LogP contribution < -0.4 is 10.6 Å². The Bertz CT molecular complexity index is 573. The largest absolute Gasteiger partial charge is 0.445 e. The lowest BCUT2D eigenvalue weighted by Gasteiger charge is -2.14. The molecule has 1 saturated heterocycles. The van der Waals surface area contributed by atoms with Crippen LogP contribution in [0.5, 0.6) is 0 Å². The molecule has 1 aromatic rings. The molecule has 9 nitrogen and oxygen atoms in total. The molecule has 0 saturated carbocycles. The van der Waals surface area contributed by atoms with Crippen LogP contribution in [0.1, 0.15) is 18.2 Å². The van der Waals surface area contributed by atoms with Crippen LogP contribution in [0.3, 0.4) is 0 Å². The fraction of sp³-hybridized carbons (Fsp3) is 0.571. The molecule has 2 atom stereocenters. The third-order valence-corrected chi connectivity index (χ3v) is 3.64. The average molecular weight is 322 g/mol. The van der Waals surface area contributed by atoms with E-state index in [2.05, 4.69) is 27.5 Å². The van der Waals surface area contributed by atoms with Gasteiger partial charge in [0, 0.05) is 20.6 Å². The van der Waals surface area contributed by atoms with Gasteiger partial charge >= 0.3 is 6.09 Å². The van der Waals surface area contributed by atoms with Crippen LogP contribution in [0.4, 0.5) is 4.79 Å². The van der Waals surface area contributed by atoms with Crippen LogP contribution in [-0.2, 0) is 16.1 Å². The molecule has 0 spiro atoms. The third kappa shape index (κ3) is 4.28. The molecule has 1 aromatic heterocycles. The minimum absolute atomic E-state index is 0.0301. The van der Waals surface area contributed by atoms with Crippen molar-refractivity contribution in [1.29, 1.82) is 0 Å². The van der Waals surface area contributed by atoms with Gasteiger partial charge in [0.25, 0.3) is 0 Å². The van der Waals surface area contributed by atoms with E-state index in [9.17, 15) is 9.59 Å². The summed E-state index contributed by atoms with van der Waals surface area (Å²) < 4.78 is 6.67. The van der Waals surface area contributed by atoms with Crippen molar-refractivity contribution >= 4 is 12.0 Å². The minimum Gasteiger partial charge on any atom is -0.445 e. The number of ether oxygens (including phenoxy) is 1. The summed E-state index contributed by atoms with van der Waals surface area (Å²) in [6, 6.07) is -0.147. The zero-order chi connectivity index (χ0) is 16.8. The lowest BCUT2D eigenvalue weighted by Crippen LogP contribution is -2.38. The maximum atomic E-state index is 11.7. The summed E-state index contributed by atoms with van der Waals surface area (Å²) in [6.07, 6.45) is 3.51. The molecular weight excluding hydrogens is 300 g/mol. The Morgan fingerprint density at radius 2 is 2.43 bits per heavy atom. The number of hydrogen-bond donors (Lipinski definition) is 2. The van der Waals surface area contributed by atoms with Gasteiger partial charge in [-0.1, -0.05) is 17.9 Å². The molecule has 0 aromatic carbocycles. The highest BCUT2D eigenvalue weighted by molar-refractivity contribution is 5.81. The molecule has 0 radical (unpaired) electrons. The predicted molar refractivity (Wildman–Crippen MR) is 82.5 cm³/mol. The standard InChI is InChI=1S/C14H22N6O3/c1-4-5-23-14(22)19(3)8-10-9-20(18-17-10)11-6-12(16-7-11)13(21)15-2/h4,9,11-12,16H,1,5-8H2,2-3H3,(H,15,21)/t11-,12+/m1/s1. The summed E-state index contributed by atoms with van der Waals surface area (Å²) in [5.41, 5.74) is 0.659. The van der Waals surface area contributed by atoms with E-state index in [1.54, 1.807) is 25.0 Å². The lowest BCUT2D eigenvalue weighted by atomic mass is 10.1. The van der Waals surface area contributed by atoms with E-state index in [1.807, 2.05) is 0 Å². The first-order valence-electron chi connectivity index (χ1n) is 7.39. The third-order valence-electron chi connectivity index (χ3n) is 3.64. The average Bonchev–Trinajstić information content (AvgIpc) is 3.20. The first kappa shape index (κ1) is 16.9. The second-order valence-corrected chi connectivity index (χ2v) is 5.38. The van der Waals surface area contributed by atoms with Gasteiger partial charge in [0.1, 0.15) is 12.3 Å². The van der Waals surface area contributed by atoms with Crippen LogP contribution in [0, 0.1) is 0 Å². The maximum absolute atomic E-state index is 11.7. The zero-order valence-electron chi connectivity index (χ0n) is 13.4. The summed E-state index contributed by atoms with van der Waals surface area (Å²) in [5.74, 6) is -0.0301. The van der Waals surface area contributed by atoms with Crippen LogP contribution in [0.2, 0.25) is 0 Å². The Kier molecular flexibility index (Phi) is 5.69. The van der Waals surface area contributed by atoms with Crippen molar-refractivity contribution in [2.45, 2.75) is 25.0 Å². The molecular formula is C14H22N6O3. The molecule has 23 heavy (non-hydrogen) atoms. The Morgan fingerprint density at radius 1 is 1.65 bits per heavy atom. The fourth-order valence-electron chi connectivity index (χ4n) is 2.40. The van der Waals surface area contributed by atoms with Gasteiger partial charge in [0.15, 0.2) is 0 Å². The van der Waals surface area contributed by atoms with E-state index >= 15 is 0 Å². The number of nitrogens with one attached hydrogen (secondary N) is 2. The van der Waals surface area contributed by atoms with Gasteiger partial charge < -0.3 is 20.3 Å². The summed E-state index contributed by atoms with van der Waals surface area (Å²) in [7, 11) is 3.25. The highest BCUT2D eigenvalue weighted by Gasteiger charge is 2.30. The molecule has 1 aliphatic rings. The molecule has 9 heteroatoms. The van der Waals surface area contributed by atoms with Crippen molar-refractivity contribution in [3.63, 3.8) is 0 Å². The quantitative estimate of drug-likeness (QED) is 0.696. The van der Waals surface area contributed by atoms with Crippen molar-refractivity contribution in [2.24, 2.45) is 0 Å². The van der Waals surface area contributed by atoms with Crippen LogP contribution in [0.15, 0.2) is 18.9 Å². The van der Waals surface area contributed by atoms with Crippen LogP contribution in [0.25, 0.3) is 0 Å². The van der Waals surface area contributed by atoms with Crippen LogP contribution in [-0.4, -0.2) is 65.2 Å². The summed E-state index contributed by atoms with van der Waals surface area (Å²) >= 11 is 0. The number of likely N-dealkylation sites (N-methyl/N-ethyl adjacent to an activating group) is 1. The molecule has 2 rings (SSSR count). The van der Waals surface area contributed by atoms with Gasteiger partial charge in [-0.15, -0.1) is 5.10 Å². The summed E-state index contributed by atoms with van der Waals surface area (Å²) in [6.45, 7) is 4.61. The molecule has 126 valence electrons. The molecule has 0 bridgehead atoms. The first-order valence-corrected chi connectivity index (χ1v) is 7.39. The van der Waals surface area contributed by atoms with E-state index in [1.165, 1.54) is 11.0 Å². The first-order chi connectivity index (χ1) is 11.0. The number of aromatic nitrogens is 3. The highest BCUT2D eigenvalue weighted by Crippen LogP contribution is 2.19. The molecule has 1 fully saturated rings. The van der Waals surface area contributed by atoms with Gasteiger partial charge in [-0.25, -0.2) is 9.48 Å². The van der Waals surface area contributed by atoms with E-state index in [-0.39, 0.29) is 24.6 Å². The van der Waals surface area contributed by atoms with Crippen molar-refractivity contribution in [2.75, 3.05) is 27.2 Å². The molecule has 0 unspecified atom stereocenters. The smallest absolute Gasteiger partial charge is 0.410 e. The fourth-order valence-corrected chi connectivity index (χ4v) is 2.40. The Morgan fingerprint density at radius 3 is 3.13 bits per heavy atom. The topological polar surface area (TPSA) is 101 Å². The minimum atomic E-state index is -0.443. The number of hydrogen-bond acceptors (Lipinski definition) is 6. The molecule has 2 amide bonds. The molecule has 2 heterocycles. The Hall–Kier alpha value is -2.42. The van der Waals surface area contributed by atoms with Crippen molar-refractivity contribution in [1.82, 2.24) is 30.5 Å². The second-order valence-electron chi connectivity index (χ2n) is 5.38. The van der Waals surface area contributed by atoms with Gasteiger partial charge in [0.05, 0.1) is 24.8 Å². The number of amides is 2. The van der Waals surface area contributed by atoms with Gasteiger partial charge in [-0.3, -0.25) is 4.79 Å². The molecule has 2 N–H and O–H groups in total. The SMILES string of the molecule is C=CCOC(=O)N(C)Cc1cn([C@H]2CN[C@H](C(=O)NC)C2)nn1. The second kappa shape index (κ2) is 7.73. The van der Waals surface area contributed by atoms with E-state index in [0.29, 0.717) is 25.2 Å². The van der Waals surface area contributed by atoms with E-state index in [0.717, 1.165) is 0 Å². The van der Waals surface area contributed by atoms with Gasteiger partial charge in [-0.05, 0) is 6.42 Å². The zero-order valence-corrected chi connectivity index (χ0v) is 13.4. The molecule has 1 aliphatic heterocycles. The van der Waals surface area contributed by atoms with Crippen molar-refractivity contribution in [3.8, 4) is 0 Å². The number of rotatable bonds is 6. The summed E-state index contributed by atoms with van der Waals surface area (Å²) in [5, 5.41) is 13.9. The van der Waals surface area contributed by atoms with Gasteiger partial charge in [-0.2, -0.15) is 0 Å². The monoisotopic (exact) mass is 322 g/mol. The molecule has 0 aliphatic carbocycles. The van der Waals surface area contributed by atoms with Crippen molar-refractivity contribution in [3.05, 3.63) is 24.5 Å². The normalized spacial score (nSPS) is 20.1. The lowest BCUT2D eigenvalue weighted by molar-refractivity contribution is -0.122. The maximum Gasteiger partial charge on any atom is 0.410 e. The van der Waals surface area contributed by atoms with Crippen LogP contribution >= 0.6 is 0 Å². The number of carbonyl (C=O) groups excluding carboxylic acids is 2. The van der Waals surface area contributed by atoms with E-state index < -0.39 is 6.09 Å². The summed E-state index contributed by atoms with van der Waals surface area (Å²) in [4.78, 5) is 24.7. The van der Waals surface area contributed by atoms with Gasteiger partial charge in [0.2, 0.25) is 5.91 Å². The Labute approximate surface area is 134 Å².